The van der Waals surface area contributed by atoms with Gasteiger partial charge in [-0.05, 0) is 61.1 Å². The number of halogens is 4. The van der Waals surface area contributed by atoms with Gasteiger partial charge in [0.1, 0.15) is 0 Å². The number of aromatic nitrogens is 1. The highest BCUT2D eigenvalue weighted by Gasteiger charge is 2.24. The highest BCUT2D eigenvalue weighted by molar-refractivity contribution is 6.32. The standard InChI is InChI=1S/C25H27ClFN3O2.2ClH/c1-13(2)24(31)19-12-29-22-8-3-14(15-10-20(26)25(32)21(27)11-15)9-18(22)23(19)30-17-6-4-16(28)5-7-17;;/h3,8-13,16-17,32H,4-7,28H2,1-2H3,(H,29,30);2*1H/t16-,17-;;. The van der Waals surface area contributed by atoms with Crippen LogP contribution in [0.2, 0.25) is 5.02 Å². The van der Waals surface area contributed by atoms with Gasteiger partial charge in [0, 0.05) is 29.6 Å². The quantitative estimate of drug-likeness (QED) is 0.318. The first-order valence-electron chi connectivity index (χ1n) is 10.9. The Labute approximate surface area is 216 Å². The molecule has 4 rings (SSSR count). The van der Waals surface area contributed by atoms with E-state index in [4.69, 9.17) is 17.3 Å². The van der Waals surface area contributed by atoms with E-state index in [1.165, 1.54) is 12.1 Å². The van der Waals surface area contributed by atoms with Crippen LogP contribution in [0.5, 0.6) is 5.75 Å². The largest absolute Gasteiger partial charge is 0.504 e. The lowest BCUT2D eigenvalue weighted by Crippen LogP contribution is -2.33. The van der Waals surface area contributed by atoms with Crippen molar-refractivity contribution in [1.29, 1.82) is 0 Å². The fraction of sp³-hybridized carbons (Fsp3) is 0.360. The normalized spacial score (nSPS) is 17.7. The second-order valence-electron chi connectivity index (χ2n) is 8.84. The van der Waals surface area contributed by atoms with Gasteiger partial charge in [-0.25, -0.2) is 4.39 Å². The molecule has 2 aromatic carbocycles. The van der Waals surface area contributed by atoms with E-state index in [9.17, 15) is 14.3 Å². The van der Waals surface area contributed by atoms with Gasteiger partial charge < -0.3 is 16.2 Å². The number of carbonyl (C=O) groups excluding carboxylic acids is 1. The summed E-state index contributed by atoms with van der Waals surface area (Å²) < 4.78 is 14.1. The highest BCUT2D eigenvalue weighted by Crippen LogP contribution is 2.36. The van der Waals surface area contributed by atoms with E-state index in [1.54, 1.807) is 6.20 Å². The van der Waals surface area contributed by atoms with Gasteiger partial charge in [0.25, 0.3) is 0 Å². The molecule has 0 saturated heterocycles. The zero-order valence-electron chi connectivity index (χ0n) is 19.0. The Bertz CT molecular complexity index is 1160. The number of hydrogen-bond acceptors (Lipinski definition) is 5. The second kappa shape index (κ2) is 11.5. The third kappa shape index (κ3) is 5.74. The van der Waals surface area contributed by atoms with Crippen molar-refractivity contribution >= 4 is 58.8 Å². The van der Waals surface area contributed by atoms with Gasteiger partial charge in [-0.15, -0.1) is 24.8 Å². The van der Waals surface area contributed by atoms with Crippen LogP contribution in [-0.4, -0.2) is 28.0 Å². The average molecular weight is 529 g/mol. The summed E-state index contributed by atoms with van der Waals surface area (Å²) >= 11 is 5.99. The number of Topliss-reactive ketones (excluding diaryl/α,β-unsaturated/α-hetero) is 1. The number of phenolic OH excluding ortho intramolecular Hbond substituents is 1. The molecule has 1 saturated carbocycles. The number of phenols is 1. The van der Waals surface area contributed by atoms with Crippen molar-refractivity contribution in [1.82, 2.24) is 4.98 Å². The highest BCUT2D eigenvalue weighted by atomic mass is 35.5. The molecule has 0 amide bonds. The number of fused-ring (bicyclic) bond motifs is 1. The van der Waals surface area contributed by atoms with E-state index in [0.29, 0.717) is 16.7 Å². The van der Waals surface area contributed by atoms with Gasteiger partial charge in [-0.1, -0.05) is 31.5 Å². The van der Waals surface area contributed by atoms with Crippen LogP contribution in [0.3, 0.4) is 0 Å². The Morgan fingerprint density at radius 2 is 1.82 bits per heavy atom. The van der Waals surface area contributed by atoms with E-state index in [0.717, 1.165) is 42.3 Å². The van der Waals surface area contributed by atoms with Crippen LogP contribution in [0.1, 0.15) is 49.9 Å². The maximum atomic E-state index is 14.1. The monoisotopic (exact) mass is 527 g/mol. The van der Waals surface area contributed by atoms with E-state index >= 15 is 0 Å². The minimum absolute atomic E-state index is 0. The van der Waals surface area contributed by atoms with Crippen molar-refractivity contribution in [2.45, 2.75) is 51.6 Å². The van der Waals surface area contributed by atoms with Crippen LogP contribution >= 0.6 is 36.4 Å². The van der Waals surface area contributed by atoms with Gasteiger partial charge in [-0.3, -0.25) is 9.78 Å². The second-order valence-corrected chi connectivity index (χ2v) is 9.25. The van der Waals surface area contributed by atoms with Crippen LogP contribution in [-0.2, 0) is 0 Å². The lowest BCUT2D eigenvalue weighted by atomic mass is 9.90. The topological polar surface area (TPSA) is 88.2 Å². The molecule has 5 nitrogen and oxygen atoms in total. The third-order valence-electron chi connectivity index (χ3n) is 6.13. The predicted octanol–water partition coefficient (Wildman–Crippen LogP) is 6.76. The maximum absolute atomic E-state index is 14.1. The molecular weight excluding hydrogens is 500 g/mol. The van der Waals surface area contributed by atoms with Crippen LogP contribution in [0.15, 0.2) is 36.5 Å². The van der Waals surface area contributed by atoms with Crippen LogP contribution in [0.4, 0.5) is 10.1 Å². The molecule has 0 spiro atoms. The van der Waals surface area contributed by atoms with Crippen molar-refractivity contribution in [2.75, 3.05) is 5.32 Å². The number of benzene rings is 2. The minimum Gasteiger partial charge on any atom is -0.504 e. The van der Waals surface area contributed by atoms with Crippen LogP contribution in [0.25, 0.3) is 22.0 Å². The van der Waals surface area contributed by atoms with E-state index < -0.39 is 11.6 Å². The number of ketones is 1. The molecule has 0 bridgehead atoms. The lowest BCUT2D eigenvalue weighted by molar-refractivity contribution is 0.0940. The molecule has 1 aliphatic rings. The van der Waals surface area contributed by atoms with Gasteiger partial charge in [0.15, 0.2) is 17.3 Å². The zero-order valence-corrected chi connectivity index (χ0v) is 21.4. The summed E-state index contributed by atoms with van der Waals surface area (Å²) in [4.78, 5) is 17.5. The molecule has 9 heteroatoms. The number of hydrogen-bond donors (Lipinski definition) is 3. The summed E-state index contributed by atoms with van der Waals surface area (Å²) in [5, 5.41) is 14.0. The van der Waals surface area contributed by atoms with E-state index in [1.807, 2.05) is 32.0 Å². The molecule has 0 radical (unpaired) electrons. The number of nitrogens with two attached hydrogens (primary N) is 1. The summed E-state index contributed by atoms with van der Waals surface area (Å²) in [6.45, 7) is 3.74. The summed E-state index contributed by atoms with van der Waals surface area (Å²) in [6, 6.07) is 8.75. The molecule has 1 aromatic heterocycles. The number of aromatic hydroxyl groups is 1. The number of nitrogens with zero attached hydrogens (tertiary/aromatic N) is 1. The summed E-state index contributed by atoms with van der Waals surface area (Å²) in [5.41, 5.74) is 9.34. The molecule has 0 atom stereocenters. The number of carbonyl (C=O) groups is 1. The summed E-state index contributed by atoms with van der Waals surface area (Å²) in [6.07, 6.45) is 5.37. The molecule has 1 fully saturated rings. The number of anilines is 1. The van der Waals surface area contributed by atoms with Crippen LogP contribution < -0.4 is 11.1 Å². The first-order valence-corrected chi connectivity index (χ1v) is 11.3. The van der Waals surface area contributed by atoms with E-state index in [2.05, 4.69) is 10.3 Å². The Morgan fingerprint density at radius 3 is 2.44 bits per heavy atom. The molecule has 0 unspecified atom stereocenters. The fourth-order valence-electron chi connectivity index (χ4n) is 4.23. The van der Waals surface area contributed by atoms with Gasteiger partial charge in [0.2, 0.25) is 0 Å². The van der Waals surface area contributed by atoms with E-state index in [-0.39, 0.29) is 53.6 Å². The molecule has 184 valence electrons. The van der Waals surface area contributed by atoms with Gasteiger partial charge in [0.05, 0.1) is 21.8 Å². The summed E-state index contributed by atoms with van der Waals surface area (Å²) in [7, 11) is 0. The maximum Gasteiger partial charge on any atom is 0.170 e. The van der Waals surface area contributed by atoms with Crippen molar-refractivity contribution < 1.29 is 14.3 Å². The first-order chi connectivity index (χ1) is 15.2. The Balaban J connectivity index is 0.00000204. The fourth-order valence-corrected chi connectivity index (χ4v) is 4.43. The molecule has 1 heterocycles. The number of rotatable bonds is 5. The van der Waals surface area contributed by atoms with Crippen LogP contribution in [0, 0.1) is 11.7 Å². The smallest absolute Gasteiger partial charge is 0.170 e. The number of nitrogens with one attached hydrogen (secondary N) is 1. The molecular formula is C25H29Cl3FN3O2. The van der Waals surface area contributed by atoms with Gasteiger partial charge >= 0.3 is 0 Å². The Hall–Kier alpha value is -2.12. The third-order valence-corrected chi connectivity index (χ3v) is 6.42. The van der Waals surface area contributed by atoms with Crippen molar-refractivity contribution in [3.8, 4) is 16.9 Å². The Morgan fingerprint density at radius 1 is 1.15 bits per heavy atom. The van der Waals surface area contributed by atoms with Crippen molar-refractivity contribution in [3.63, 3.8) is 0 Å². The number of pyridine rings is 1. The van der Waals surface area contributed by atoms with Crippen molar-refractivity contribution in [2.24, 2.45) is 11.7 Å². The van der Waals surface area contributed by atoms with Gasteiger partial charge in [-0.2, -0.15) is 0 Å². The molecule has 1 aliphatic carbocycles. The molecule has 0 aliphatic heterocycles. The zero-order chi connectivity index (χ0) is 23.0. The molecule has 4 N–H and O–H groups in total. The molecule has 34 heavy (non-hydrogen) atoms. The predicted molar refractivity (Wildman–Crippen MR) is 141 cm³/mol. The lowest BCUT2D eigenvalue weighted by Gasteiger charge is -2.29. The SMILES string of the molecule is CC(C)C(=O)c1cnc2ccc(-c3cc(F)c(O)c(Cl)c3)cc2c1N[C@H]1CC[C@H](N)CC1.Cl.Cl. The first kappa shape index (κ1) is 28.1. The minimum atomic E-state index is -0.786. The molecule has 3 aromatic rings. The van der Waals surface area contributed by atoms with Crippen molar-refractivity contribution in [3.05, 3.63) is 52.9 Å². The average Bonchev–Trinajstić information content (AvgIpc) is 2.78. The Kier molecular flexibility index (Phi) is 9.54. The summed E-state index contributed by atoms with van der Waals surface area (Å²) in [5.74, 6) is -1.52.